The monoisotopic (exact) mass is 514 g/mol. The van der Waals surface area contributed by atoms with Gasteiger partial charge in [0.2, 0.25) is 0 Å². The number of allylic oxidation sites excluding steroid dienone is 9. The molecule has 0 heterocycles. The maximum atomic E-state index is 4.56. The number of amidine groups is 1. The van der Waals surface area contributed by atoms with Crippen LogP contribution in [-0.4, -0.2) is 5.84 Å². The van der Waals surface area contributed by atoms with Gasteiger partial charge in [0.05, 0.1) is 0 Å². The van der Waals surface area contributed by atoms with E-state index in [4.69, 9.17) is 0 Å². The van der Waals surface area contributed by atoms with Gasteiger partial charge in [-0.3, -0.25) is 0 Å². The number of hydrogen-bond acceptors (Lipinski definition) is 1. The number of hydrogen-bond donors (Lipinski definition) is 1. The normalized spacial score (nSPS) is 14.5. The zero-order valence-electron chi connectivity index (χ0n) is 26.1. The SMILES string of the molecule is C=C/C=C(/C)N=C(C)NC(=C)CC(C)(CC)CCCC(/C=C(/C)C(=C)c1cccc(C(C)(C)C)c1)=C(C)C. The molecular formula is C36H54N2. The maximum Gasteiger partial charge on any atom is 0.103 e. The van der Waals surface area contributed by atoms with Crippen molar-refractivity contribution in [3.8, 4) is 0 Å². The van der Waals surface area contributed by atoms with Crippen molar-refractivity contribution < 1.29 is 0 Å². The van der Waals surface area contributed by atoms with Crippen molar-refractivity contribution in [3.05, 3.63) is 101 Å². The third-order valence-electron chi connectivity index (χ3n) is 7.37. The Hall–Kier alpha value is -2.87. The van der Waals surface area contributed by atoms with E-state index in [0.717, 1.165) is 54.9 Å². The van der Waals surface area contributed by atoms with Gasteiger partial charge in [0, 0.05) is 11.4 Å². The number of benzene rings is 1. The summed E-state index contributed by atoms with van der Waals surface area (Å²) in [5, 5.41) is 3.40. The second-order valence-electron chi connectivity index (χ2n) is 12.3. The predicted molar refractivity (Wildman–Crippen MR) is 173 cm³/mol. The van der Waals surface area contributed by atoms with Crippen molar-refractivity contribution in [2.24, 2.45) is 10.4 Å². The lowest BCUT2D eigenvalue weighted by atomic mass is 9.78. The summed E-state index contributed by atoms with van der Waals surface area (Å²) in [5.41, 5.74) is 9.94. The molecule has 1 N–H and O–H groups in total. The number of nitrogens with one attached hydrogen (secondary N) is 1. The van der Waals surface area contributed by atoms with Crippen molar-refractivity contribution >= 4 is 11.4 Å². The van der Waals surface area contributed by atoms with Crippen LogP contribution in [0.5, 0.6) is 0 Å². The summed E-state index contributed by atoms with van der Waals surface area (Å²) in [6, 6.07) is 8.82. The van der Waals surface area contributed by atoms with E-state index in [1.807, 2.05) is 19.9 Å². The van der Waals surface area contributed by atoms with Crippen molar-refractivity contribution in [1.29, 1.82) is 0 Å². The smallest absolute Gasteiger partial charge is 0.103 e. The Morgan fingerprint density at radius 2 is 1.68 bits per heavy atom. The van der Waals surface area contributed by atoms with Gasteiger partial charge >= 0.3 is 0 Å². The van der Waals surface area contributed by atoms with Gasteiger partial charge in [0.25, 0.3) is 0 Å². The highest BCUT2D eigenvalue weighted by Crippen LogP contribution is 2.35. The molecule has 0 aliphatic rings. The fourth-order valence-electron chi connectivity index (χ4n) is 4.63. The summed E-state index contributed by atoms with van der Waals surface area (Å²) in [6.07, 6.45) is 11.4. The summed E-state index contributed by atoms with van der Waals surface area (Å²) in [5.74, 6) is 0.866. The molecule has 38 heavy (non-hydrogen) atoms. The molecule has 2 nitrogen and oxygen atoms in total. The van der Waals surface area contributed by atoms with Crippen molar-refractivity contribution in [1.82, 2.24) is 5.32 Å². The van der Waals surface area contributed by atoms with Gasteiger partial charge in [-0.1, -0.05) is 103 Å². The Labute approximate surface area is 235 Å². The lowest BCUT2D eigenvalue weighted by Gasteiger charge is -2.30. The van der Waals surface area contributed by atoms with Crippen LogP contribution in [0.25, 0.3) is 5.57 Å². The molecule has 0 bridgehead atoms. The standard InChI is InChI=1S/C36H54N2/c1-14-18-28(6)37-31(9)38-29(7)25-36(13,15-2)22-17-20-32(26(3)4)23-27(5)30(8)33-19-16-21-34(24-33)35(10,11)12/h14,16,18-19,21,23-24H,1,7-8,15,17,20,22,25H2,2-6,9-13H3,(H,37,38)/b27-23-,28-18-. The molecule has 208 valence electrons. The molecule has 0 amide bonds. The Morgan fingerprint density at radius 1 is 1.03 bits per heavy atom. The van der Waals surface area contributed by atoms with Crippen LogP contribution in [0.1, 0.15) is 112 Å². The van der Waals surface area contributed by atoms with Crippen LogP contribution >= 0.6 is 0 Å². The first-order valence-electron chi connectivity index (χ1n) is 14.1. The van der Waals surface area contributed by atoms with E-state index < -0.39 is 0 Å². The molecule has 0 aromatic heterocycles. The highest BCUT2D eigenvalue weighted by atomic mass is 15.0. The second kappa shape index (κ2) is 14.9. The molecule has 1 aromatic carbocycles. The molecular weight excluding hydrogens is 460 g/mol. The van der Waals surface area contributed by atoms with Crippen LogP contribution in [0.2, 0.25) is 0 Å². The number of nitrogens with zero attached hydrogens (tertiary/aromatic N) is 1. The highest BCUT2D eigenvalue weighted by molar-refractivity contribution is 5.82. The van der Waals surface area contributed by atoms with E-state index in [2.05, 4.69) is 116 Å². The van der Waals surface area contributed by atoms with Crippen LogP contribution in [0.3, 0.4) is 0 Å². The molecule has 1 unspecified atom stereocenters. The predicted octanol–water partition coefficient (Wildman–Crippen LogP) is 10.9. The third kappa shape index (κ3) is 11.3. The number of rotatable bonds is 13. The fraction of sp³-hybridized carbons (Fsp3) is 0.472. The Bertz CT molecular complexity index is 1110. The van der Waals surface area contributed by atoms with Gasteiger partial charge in [0.15, 0.2) is 0 Å². The summed E-state index contributed by atoms with van der Waals surface area (Å²) in [7, 11) is 0. The van der Waals surface area contributed by atoms with Crippen molar-refractivity contribution in [2.45, 2.75) is 107 Å². The quantitative estimate of drug-likeness (QED) is 0.158. The van der Waals surface area contributed by atoms with E-state index in [-0.39, 0.29) is 10.8 Å². The average Bonchev–Trinajstić information content (AvgIpc) is 2.82. The van der Waals surface area contributed by atoms with Gasteiger partial charge in [-0.2, -0.15) is 0 Å². The van der Waals surface area contributed by atoms with Gasteiger partial charge in [-0.15, -0.1) is 0 Å². The lowest BCUT2D eigenvalue weighted by Crippen LogP contribution is -2.25. The minimum Gasteiger partial charge on any atom is -0.348 e. The molecule has 0 aliphatic carbocycles. The van der Waals surface area contributed by atoms with E-state index in [1.165, 1.54) is 27.8 Å². The van der Waals surface area contributed by atoms with Crippen LogP contribution in [-0.2, 0) is 5.41 Å². The molecule has 1 atom stereocenters. The number of aliphatic imine (C=N–C) groups is 1. The topological polar surface area (TPSA) is 24.4 Å². The molecule has 0 fully saturated rings. The van der Waals surface area contributed by atoms with Gasteiger partial charge in [0.1, 0.15) is 5.84 Å². The van der Waals surface area contributed by atoms with E-state index in [1.54, 1.807) is 6.08 Å². The van der Waals surface area contributed by atoms with E-state index in [0.29, 0.717) is 0 Å². The van der Waals surface area contributed by atoms with Crippen molar-refractivity contribution in [3.63, 3.8) is 0 Å². The third-order valence-corrected chi connectivity index (χ3v) is 7.37. The Kier molecular flexibility index (Phi) is 13.0. The Morgan fingerprint density at radius 3 is 2.24 bits per heavy atom. The van der Waals surface area contributed by atoms with Gasteiger partial charge < -0.3 is 5.32 Å². The first kappa shape index (κ1) is 33.2. The summed E-state index contributed by atoms with van der Waals surface area (Å²) >= 11 is 0. The minimum absolute atomic E-state index is 0.124. The molecule has 0 radical (unpaired) electrons. The Balaban J connectivity index is 2.88. The zero-order chi connectivity index (χ0) is 29.1. The van der Waals surface area contributed by atoms with Gasteiger partial charge in [-0.25, -0.2) is 4.99 Å². The molecule has 0 saturated carbocycles. The molecule has 0 aliphatic heterocycles. The maximum absolute atomic E-state index is 4.56. The van der Waals surface area contributed by atoms with Crippen LogP contribution in [0.4, 0.5) is 0 Å². The van der Waals surface area contributed by atoms with Crippen LogP contribution < -0.4 is 5.32 Å². The fourth-order valence-corrected chi connectivity index (χ4v) is 4.63. The molecule has 0 saturated heterocycles. The summed E-state index contributed by atoms with van der Waals surface area (Å²) < 4.78 is 0. The zero-order valence-corrected chi connectivity index (χ0v) is 26.1. The van der Waals surface area contributed by atoms with Crippen molar-refractivity contribution in [2.75, 3.05) is 0 Å². The van der Waals surface area contributed by atoms with Crippen LogP contribution in [0.15, 0.2) is 95.3 Å². The minimum atomic E-state index is 0.124. The molecule has 2 heteroatoms. The first-order chi connectivity index (χ1) is 17.6. The molecule has 1 rings (SSSR count). The van der Waals surface area contributed by atoms with E-state index in [9.17, 15) is 0 Å². The lowest BCUT2D eigenvalue weighted by molar-refractivity contribution is 0.271. The molecule has 0 spiro atoms. The van der Waals surface area contributed by atoms with E-state index >= 15 is 0 Å². The second-order valence-corrected chi connectivity index (χ2v) is 12.3. The summed E-state index contributed by atoms with van der Waals surface area (Å²) in [6.45, 7) is 34.5. The van der Waals surface area contributed by atoms with Crippen LogP contribution in [0, 0.1) is 5.41 Å². The highest BCUT2D eigenvalue weighted by Gasteiger charge is 2.23. The molecule has 1 aromatic rings. The summed E-state index contributed by atoms with van der Waals surface area (Å²) in [4.78, 5) is 4.56. The van der Waals surface area contributed by atoms with Gasteiger partial charge in [-0.05, 0) is 105 Å². The first-order valence-corrected chi connectivity index (χ1v) is 14.1. The largest absolute Gasteiger partial charge is 0.348 e. The average molecular weight is 515 g/mol.